The lowest BCUT2D eigenvalue weighted by atomic mass is 10.2. The zero-order valence-corrected chi connectivity index (χ0v) is 18.2. The molecule has 4 aromatic rings. The van der Waals surface area contributed by atoms with Crippen molar-refractivity contribution in [3.63, 3.8) is 0 Å². The lowest BCUT2D eigenvalue weighted by Gasteiger charge is -2.07. The molecule has 0 aliphatic heterocycles. The Hall–Kier alpha value is -3.00. The van der Waals surface area contributed by atoms with Crippen molar-refractivity contribution in [2.75, 3.05) is 5.32 Å². The van der Waals surface area contributed by atoms with E-state index in [4.69, 9.17) is 44.0 Å². The standard InChI is InChI=1S/C21H15Cl3N4O3/c22-14-6-4-13(5-7-14)10-28-12-25-21(27-28)26-20(29)18-9-8-15(31-18)11-30-17-3-1-2-16(23)19(17)24/h1-9,12H,10-11H2,(H,26,27,29). The van der Waals surface area contributed by atoms with Crippen LogP contribution in [0.25, 0.3) is 0 Å². The van der Waals surface area contributed by atoms with Crippen LogP contribution >= 0.6 is 34.8 Å². The van der Waals surface area contributed by atoms with Crippen LogP contribution in [-0.4, -0.2) is 20.7 Å². The van der Waals surface area contributed by atoms with Crippen molar-refractivity contribution in [2.24, 2.45) is 0 Å². The zero-order valence-electron chi connectivity index (χ0n) is 15.9. The molecule has 158 valence electrons. The number of aromatic nitrogens is 3. The predicted octanol–water partition coefficient (Wildman–Crippen LogP) is 5.71. The number of amides is 1. The second-order valence-corrected chi connectivity index (χ2v) is 7.67. The average Bonchev–Trinajstić information content (AvgIpc) is 3.40. The van der Waals surface area contributed by atoms with Gasteiger partial charge in [0.05, 0.1) is 11.6 Å². The minimum atomic E-state index is -0.476. The van der Waals surface area contributed by atoms with E-state index in [9.17, 15) is 4.79 Å². The highest BCUT2D eigenvalue weighted by molar-refractivity contribution is 6.42. The summed E-state index contributed by atoms with van der Waals surface area (Å²) in [5.41, 5.74) is 1.00. The summed E-state index contributed by atoms with van der Waals surface area (Å²) in [5, 5.41) is 8.21. The molecule has 0 atom stereocenters. The number of halogens is 3. The van der Waals surface area contributed by atoms with Crippen molar-refractivity contribution in [3.05, 3.63) is 93.1 Å². The molecule has 0 bridgehead atoms. The highest BCUT2D eigenvalue weighted by Gasteiger charge is 2.15. The first kappa shape index (κ1) is 21.2. The van der Waals surface area contributed by atoms with Crippen LogP contribution in [0.4, 0.5) is 5.95 Å². The third-order valence-electron chi connectivity index (χ3n) is 4.19. The summed E-state index contributed by atoms with van der Waals surface area (Å²) in [6, 6.07) is 15.6. The number of anilines is 1. The van der Waals surface area contributed by atoms with Gasteiger partial charge < -0.3 is 9.15 Å². The van der Waals surface area contributed by atoms with Gasteiger partial charge in [-0.3, -0.25) is 10.1 Å². The van der Waals surface area contributed by atoms with Gasteiger partial charge >= 0.3 is 0 Å². The van der Waals surface area contributed by atoms with Crippen molar-refractivity contribution in [1.29, 1.82) is 0 Å². The van der Waals surface area contributed by atoms with Crippen LogP contribution in [0.3, 0.4) is 0 Å². The van der Waals surface area contributed by atoms with E-state index in [-0.39, 0.29) is 18.3 Å². The van der Waals surface area contributed by atoms with Crippen LogP contribution in [-0.2, 0) is 13.2 Å². The monoisotopic (exact) mass is 476 g/mol. The molecule has 0 fully saturated rings. The number of nitrogens with zero attached hydrogens (tertiary/aromatic N) is 3. The molecule has 0 spiro atoms. The zero-order chi connectivity index (χ0) is 21.8. The fourth-order valence-electron chi connectivity index (χ4n) is 2.69. The molecular weight excluding hydrogens is 463 g/mol. The molecule has 1 amide bonds. The molecule has 0 saturated heterocycles. The van der Waals surface area contributed by atoms with Gasteiger partial charge in [0, 0.05) is 5.02 Å². The van der Waals surface area contributed by atoms with Gasteiger partial charge in [0.2, 0.25) is 5.95 Å². The van der Waals surface area contributed by atoms with E-state index in [0.717, 1.165) is 5.56 Å². The van der Waals surface area contributed by atoms with Crippen molar-refractivity contribution in [2.45, 2.75) is 13.2 Å². The maximum absolute atomic E-state index is 12.4. The van der Waals surface area contributed by atoms with E-state index < -0.39 is 5.91 Å². The second kappa shape index (κ2) is 9.43. The third kappa shape index (κ3) is 5.38. The third-order valence-corrected chi connectivity index (χ3v) is 5.24. The molecule has 1 N–H and O–H groups in total. The summed E-state index contributed by atoms with van der Waals surface area (Å²) in [6.45, 7) is 0.579. The van der Waals surface area contributed by atoms with Crippen LogP contribution in [0.5, 0.6) is 5.75 Å². The number of benzene rings is 2. The molecule has 4 rings (SSSR count). The number of rotatable bonds is 7. The Morgan fingerprint density at radius 2 is 1.87 bits per heavy atom. The maximum atomic E-state index is 12.4. The Morgan fingerprint density at radius 1 is 1.06 bits per heavy atom. The molecule has 31 heavy (non-hydrogen) atoms. The maximum Gasteiger partial charge on any atom is 0.293 e. The molecular formula is C21H15Cl3N4O3. The van der Waals surface area contributed by atoms with E-state index in [2.05, 4.69) is 15.4 Å². The number of carbonyl (C=O) groups is 1. The van der Waals surface area contributed by atoms with Gasteiger partial charge in [0.1, 0.15) is 29.5 Å². The smallest absolute Gasteiger partial charge is 0.293 e. The Labute approximate surface area is 192 Å². The SMILES string of the molecule is O=C(Nc1ncn(Cc2ccc(Cl)cc2)n1)c1ccc(COc2cccc(Cl)c2Cl)o1. The highest BCUT2D eigenvalue weighted by Crippen LogP contribution is 2.32. The molecule has 2 aromatic heterocycles. The quantitative estimate of drug-likeness (QED) is 0.368. The van der Waals surface area contributed by atoms with Gasteiger partial charge in [-0.1, -0.05) is 53.0 Å². The van der Waals surface area contributed by atoms with E-state index in [1.54, 1.807) is 41.1 Å². The van der Waals surface area contributed by atoms with Crippen molar-refractivity contribution < 1.29 is 13.9 Å². The summed E-state index contributed by atoms with van der Waals surface area (Å²) in [5.74, 6) is 0.661. The van der Waals surface area contributed by atoms with Crippen molar-refractivity contribution in [3.8, 4) is 5.75 Å². The molecule has 2 aromatic carbocycles. The van der Waals surface area contributed by atoms with Crippen LogP contribution in [0.1, 0.15) is 21.9 Å². The van der Waals surface area contributed by atoms with Gasteiger partial charge in [-0.2, -0.15) is 0 Å². The van der Waals surface area contributed by atoms with Crippen molar-refractivity contribution >= 4 is 46.7 Å². The van der Waals surface area contributed by atoms with Crippen molar-refractivity contribution in [1.82, 2.24) is 14.8 Å². The fourth-order valence-corrected chi connectivity index (χ4v) is 3.16. The number of ether oxygens (including phenoxy) is 1. The largest absolute Gasteiger partial charge is 0.484 e. The summed E-state index contributed by atoms with van der Waals surface area (Å²) < 4.78 is 12.7. The molecule has 2 heterocycles. The number of hydrogen-bond acceptors (Lipinski definition) is 5. The first-order chi connectivity index (χ1) is 15.0. The van der Waals surface area contributed by atoms with E-state index in [1.807, 2.05) is 12.1 Å². The normalized spacial score (nSPS) is 10.8. The first-order valence-corrected chi connectivity index (χ1v) is 10.2. The predicted molar refractivity (Wildman–Crippen MR) is 118 cm³/mol. The molecule has 0 saturated carbocycles. The van der Waals surface area contributed by atoms with Crippen LogP contribution in [0, 0.1) is 0 Å². The fraction of sp³-hybridized carbons (Fsp3) is 0.0952. The van der Waals surface area contributed by atoms with Crippen LogP contribution < -0.4 is 10.1 Å². The number of hydrogen-bond donors (Lipinski definition) is 1. The lowest BCUT2D eigenvalue weighted by Crippen LogP contribution is -2.12. The van der Waals surface area contributed by atoms with Gasteiger partial charge in [-0.15, -0.1) is 5.10 Å². The van der Waals surface area contributed by atoms with Crippen LogP contribution in [0.15, 0.2) is 65.3 Å². The summed E-state index contributed by atoms with van der Waals surface area (Å²) in [7, 11) is 0. The lowest BCUT2D eigenvalue weighted by molar-refractivity contribution is 0.0991. The number of nitrogens with one attached hydrogen (secondary N) is 1. The van der Waals surface area contributed by atoms with Gasteiger partial charge in [0.25, 0.3) is 5.91 Å². The molecule has 0 radical (unpaired) electrons. The topological polar surface area (TPSA) is 82.2 Å². The highest BCUT2D eigenvalue weighted by atomic mass is 35.5. The minimum Gasteiger partial charge on any atom is -0.484 e. The molecule has 10 heteroatoms. The second-order valence-electron chi connectivity index (χ2n) is 6.45. The van der Waals surface area contributed by atoms with E-state index >= 15 is 0 Å². The molecule has 0 aliphatic rings. The van der Waals surface area contributed by atoms with Gasteiger partial charge in [-0.05, 0) is 42.0 Å². The Balaban J connectivity index is 1.34. The van der Waals surface area contributed by atoms with E-state index in [0.29, 0.717) is 33.1 Å². The summed E-state index contributed by atoms with van der Waals surface area (Å²) in [4.78, 5) is 16.5. The molecule has 0 unspecified atom stereocenters. The Bertz CT molecular complexity index is 1200. The Kier molecular flexibility index (Phi) is 6.46. The van der Waals surface area contributed by atoms with Gasteiger partial charge in [0.15, 0.2) is 5.76 Å². The van der Waals surface area contributed by atoms with Gasteiger partial charge in [-0.25, -0.2) is 9.67 Å². The number of carbonyl (C=O) groups excluding carboxylic acids is 1. The molecule has 7 nitrogen and oxygen atoms in total. The summed E-state index contributed by atoms with van der Waals surface area (Å²) >= 11 is 17.9. The first-order valence-electron chi connectivity index (χ1n) is 9.09. The Morgan fingerprint density at radius 3 is 2.68 bits per heavy atom. The summed E-state index contributed by atoms with van der Waals surface area (Å²) in [6.07, 6.45) is 1.53. The minimum absolute atomic E-state index is 0.0846. The molecule has 0 aliphatic carbocycles. The average molecular weight is 478 g/mol. The van der Waals surface area contributed by atoms with E-state index in [1.165, 1.54) is 12.4 Å². The number of furan rings is 1. The van der Waals surface area contributed by atoms with Crippen LogP contribution in [0.2, 0.25) is 15.1 Å².